The van der Waals surface area contributed by atoms with Crippen molar-refractivity contribution in [1.82, 2.24) is 9.55 Å². The molecule has 2 heterocycles. The molecular weight excluding hydrogens is 416 g/mol. The average molecular weight is 434 g/mol. The highest BCUT2D eigenvalue weighted by molar-refractivity contribution is 6.30. The molecule has 1 aromatic heterocycles. The number of fused-ring (bicyclic) bond motifs is 3. The van der Waals surface area contributed by atoms with E-state index in [-0.39, 0.29) is 17.9 Å². The summed E-state index contributed by atoms with van der Waals surface area (Å²) < 4.78 is 38.0. The lowest BCUT2D eigenvalue weighted by Crippen LogP contribution is -2.29. The summed E-state index contributed by atoms with van der Waals surface area (Å²) in [5.74, 6) is -0.187. The van der Waals surface area contributed by atoms with Crippen LogP contribution in [0.1, 0.15) is 25.5 Å². The molecule has 0 saturated heterocycles. The van der Waals surface area contributed by atoms with Gasteiger partial charge < -0.3 is 14.8 Å². The fourth-order valence-electron chi connectivity index (χ4n) is 3.67. The van der Waals surface area contributed by atoms with Gasteiger partial charge in [-0.15, -0.1) is 0 Å². The lowest BCUT2D eigenvalue weighted by Gasteiger charge is -2.31. The zero-order chi connectivity index (χ0) is 21.4. The van der Waals surface area contributed by atoms with Crippen LogP contribution in [0.15, 0.2) is 53.7 Å². The number of anilines is 1. The Hall–Kier alpha value is -3.13. The molecule has 0 spiro atoms. The van der Waals surface area contributed by atoms with Crippen LogP contribution in [-0.2, 0) is 9.53 Å². The number of halogens is 3. The van der Waals surface area contributed by atoms with Crippen LogP contribution in [0, 0.1) is 0 Å². The standard InChI is InChI=1S/C21H18ClF2N3O3/c1-3-29-19(28)17-11(2)25-21-26-14-6-4-5-7-15(14)27(21)18(17)13-10-12(22)8-9-16(13)30-20(23)24/h4-10,18,20H,3H2,1-2H3,(H,25,26)/t18-/m0/s1. The van der Waals surface area contributed by atoms with Crippen LogP contribution in [0.3, 0.4) is 0 Å². The SMILES string of the molecule is CCOC(=O)C1=C(C)Nc2nc3ccccc3n2[C@H]1c1cc(Cl)ccc1OC(F)F. The second-order valence-corrected chi connectivity index (χ2v) is 7.08. The van der Waals surface area contributed by atoms with E-state index in [2.05, 4.69) is 10.3 Å². The number of alkyl halides is 2. The van der Waals surface area contributed by atoms with Gasteiger partial charge >= 0.3 is 12.6 Å². The van der Waals surface area contributed by atoms with Gasteiger partial charge in [0.15, 0.2) is 0 Å². The predicted octanol–water partition coefficient (Wildman–Crippen LogP) is 5.14. The molecule has 3 aromatic rings. The Kier molecular flexibility index (Phi) is 5.34. The van der Waals surface area contributed by atoms with Crippen molar-refractivity contribution in [2.75, 3.05) is 11.9 Å². The van der Waals surface area contributed by atoms with Crippen LogP contribution >= 0.6 is 11.6 Å². The normalized spacial score (nSPS) is 15.9. The highest BCUT2D eigenvalue weighted by atomic mass is 35.5. The minimum absolute atomic E-state index is 0.0837. The van der Waals surface area contributed by atoms with Crippen molar-refractivity contribution in [2.45, 2.75) is 26.5 Å². The molecule has 1 atom stereocenters. The van der Waals surface area contributed by atoms with E-state index in [1.54, 1.807) is 18.4 Å². The summed E-state index contributed by atoms with van der Waals surface area (Å²) in [6.45, 7) is 0.527. The van der Waals surface area contributed by atoms with Crippen LogP contribution in [0.4, 0.5) is 14.7 Å². The highest BCUT2D eigenvalue weighted by Gasteiger charge is 2.37. The van der Waals surface area contributed by atoms with Crippen LogP contribution in [0.25, 0.3) is 11.0 Å². The number of benzene rings is 2. The molecular formula is C21H18ClF2N3O3. The van der Waals surface area contributed by atoms with E-state index >= 15 is 0 Å². The first-order valence-electron chi connectivity index (χ1n) is 9.26. The van der Waals surface area contributed by atoms with Crippen molar-refractivity contribution in [1.29, 1.82) is 0 Å². The number of esters is 1. The molecule has 1 aliphatic rings. The lowest BCUT2D eigenvalue weighted by atomic mass is 9.94. The molecule has 30 heavy (non-hydrogen) atoms. The van der Waals surface area contributed by atoms with E-state index in [0.717, 1.165) is 0 Å². The number of carbonyl (C=O) groups excluding carboxylic acids is 1. The molecule has 2 aromatic carbocycles. The number of allylic oxidation sites excluding steroid dienone is 1. The topological polar surface area (TPSA) is 65.4 Å². The quantitative estimate of drug-likeness (QED) is 0.564. The number of hydrogen-bond acceptors (Lipinski definition) is 5. The number of nitrogens with one attached hydrogen (secondary N) is 1. The first-order valence-corrected chi connectivity index (χ1v) is 9.64. The fourth-order valence-corrected chi connectivity index (χ4v) is 3.85. The number of aromatic nitrogens is 2. The van der Waals surface area contributed by atoms with Gasteiger partial charge in [-0.25, -0.2) is 9.78 Å². The summed E-state index contributed by atoms with van der Waals surface area (Å²) in [5, 5.41) is 3.44. The third kappa shape index (κ3) is 3.47. The van der Waals surface area contributed by atoms with Crippen molar-refractivity contribution in [3.05, 3.63) is 64.3 Å². The zero-order valence-electron chi connectivity index (χ0n) is 16.2. The summed E-state index contributed by atoms with van der Waals surface area (Å²) in [5.41, 5.74) is 2.46. The number of hydrogen-bond donors (Lipinski definition) is 1. The van der Waals surface area contributed by atoms with Crippen LogP contribution in [0.5, 0.6) is 5.75 Å². The molecule has 6 nitrogen and oxygen atoms in total. The van der Waals surface area contributed by atoms with Crippen LogP contribution in [0.2, 0.25) is 5.02 Å². The van der Waals surface area contributed by atoms with E-state index in [4.69, 9.17) is 21.1 Å². The van der Waals surface area contributed by atoms with Gasteiger partial charge in [-0.2, -0.15) is 8.78 Å². The predicted molar refractivity (Wildman–Crippen MR) is 109 cm³/mol. The van der Waals surface area contributed by atoms with Gasteiger partial charge in [0.2, 0.25) is 5.95 Å². The van der Waals surface area contributed by atoms with Gasteiger partial charge in [0.05, 0.1) is 29.3 Å². The Bertz CT molecular complexity index is 1160. The maximum atomic E-state index is 13.1. The first kappa shape index (κ1) is 20.2. The van der Waals surface area contributed by atoms with Crippen molar-refractivity contribution in [3.63, 3.8) is 0 Å². The number of carbonyl (C=O) groups is 1. The third-order valence-corrected chi connectivity index (χ3v) is 5.04. The summed E-state index contributed by atoms with van der Waals surface area (Å²) in [6.07, 6.45) is 0. The van der Waals surface area contributed by atoms with Crippen molar-refractivity contribution >= 4 is 34.6 Å². The van der Waals surface area contributed by atoms with Gasteiger partial charge in [-0.3, -0.25) is 4.57 Å². The summed E-state index contributed by atoms with van der Waals surface area (Å²) >= 11 is 6.20. The summed E-state index contributed by atoms with van der Waals surface area (Å²) in [4.78, 5) is 17.5. The molecule has 0 radical (unpaired) electrons. The monoisotopic (exact) mass is 433 g/mol. The maximum absolute atomic E-state index is 13.1. The van der Waals surface area contributed by atoms with Crippen molar-refractivity contribution in [3.8, 4) is 5.75 Å². The number of para-hydroxylation sites is 2. The minimum atomic E-state index is -3.04. The second-order valence-electron chi connectivity index (χ2n) is 6.64. The first-order chi connectivity index (χ1) is 14.4. The van der Waals surface area contributed by atoms with Gasteiger partial charge in [-0.1, -0.05) is 23.7 Å². The van der Waals surface area contributed by atoms with Gasteiger partial charge in [0.25, 0.3) is 0 Å². The Labute approximate surface area is 176 Å². The van der Waals surface area contributed by atoms with E-state index < -0.39 is 18.6 Å². The molecule has 0 saturated carbocycles. The van der Waals surface area contributed by atoms with Crippen LogP contribution < -0.4 is 10.1 Å². The molecule has 0 fully saturated rings. The van der Waals surface area contributed by atoms with E-state index in [9.17, 15) is 13.6 Å². The van der Waals surface area contributed by atoms with E-state index in [0.29, 0.717) is 33.3 Å². The molecule has 1 N–H and O–H groups in total. The molecule has 1 aliphatic heterocycles. The Morgan fingerprint density at radius 2 is 2.07 bits per heavy atom. The average Bonchev–Trinajstić information content (AvgIpc) is 3.06. The molecule has 9 heteroatoms. The lowest BCUT2D eigenvalue weighted by molar-refractivity contribution is -0.139. The molecule has 0 amide bonds. The summed E-state index contributed by atoms with van der Waals surface area (Å²) in [7, 11) is 0. The molecule has 0 unspecified atom stereocenters. The number of imidazole rings is 1. The van der Waals surface area contributed by atoms with E-state index in [1.165, 1.54) is 18.2 Å². The van der Waals surface area contributed by atoms with Crippen molar-refractivity contribution in [2.24, 2.45) is 0 Å². The fraction of sp³-hybridized carbons (Fsp3) is 0.238. The van der Waals surface area contributed by atoms with Crippen molar-refractivity contribution < 1.29 is 23.0 Å². The third-order valence-electron chi connectivity index (χ3n) is 4.81. The largest absolute Gasteiger partial charge is 0.463 e. The molecule has 0 bridgehead atoms. The number of nitrogens with zero attached hydrogens (tertiary/aromatic N) is 2. The summed E-state index contributed by atoms with van der Waals surface area (Å²) in [6, 6.07) is 10.8. The van der Waals surface area contributed by atoms with Gasteiger partial charge in [0, 0.05) is 16.3 Å². The van der Waals surface area contributed by atoms with Gasteiger partial charge in [-0.05, 0) is 44.2 Å². The number of ether oxygens (including phenoxy) is 2. The highest BCUT2D eigenvalue weighted by Crippen LogP contribution is 2.43. The number of rotatable bonds is 5. The maximum Gasteiger partial charge on any atom is 0.387 e. The Balaban J connectivity index is 2.01. The molecule has 0 aliphatic carbocycles. The Morgan fingerprint density at radius 1 is 1.30 bits per heavy atom. The molecule has 156 valence electrons. The van der Waals surface area contributed by atoms with E-state index in [1.807, 2.05) is 24.3 Å². The zero-order valence-corrected chi connectivity index (χ0v) is 16.9. The van der Waals surface area contributed by atoms with Gasteiger partial charge in [0.1, 0.15) is 5.75 Å². The smallest absolute Gasteiger partial charge is 0.387 e. The molecule has 4 rings (SSSR count). The minimum Gasteiger partial charge on any atom is -0.463 e. The second kappa shape index (κ2) is 7.95. The Morgan fingerprint density at radius 3 is 2.80 bits per heavy atom. The van der Waals surface area contributed by atoms with Crippen LogP contribution in [-0.4, -0.2) is 28.7 Å².